The Morgan fingerprint density at radius 3 is 2.62 bits per heavy atom. The molecule has 1 aromatic heterocycles. The molecule has 0 unspecified atom stereocenters. The van der Waals surface area contributed by atoms with Gasteiger partial charge in [-0.1, -0.05) is 29.8 Å². The summed E-state index contributed by atoms with van der Waals surface area (Å²) in [5.74, 6) is 1.62. The molecule has 0 bridgehead atoms. The van der Waals surface area contributed by atoms with Crippen molar-refractivity contribution in [1.82, 2.24) is 15.2 Å². The number of ether oxygens (including phenoxy) is 1. The minimum Gasteiger partial charge on any atom is -0.490 e. The van der Waals surface area contributed by atoms with E-state index in [0.717, 1.165) is 18.3 Å². The number of aryl methyl sites for hydroxylation is 1. The van der Waals surface area contributed by atoms with Gasteiger partial charge in [0.1, 0.15) is 12.4 Å². The third kappa shape index (κ3) is 6.74. The highest BCUT2D eigenvalue weighted by Crippen LogP contribution is 2.06. The van der Waals surface area contributed by atoms with E-state index in [1.807, 2.05) is 19.2 Å². The number of hydrogen-bond donors (Lipinski definition) is 1. The normalized spacial score (nSPS) is 10.7. The molecule has 2 aromatic rings. The fourth-order valence-corrected chi connectivity index (χ4v) is 2.19. The molecular weight excluding hydrogens is 415 g/mol. The van der Waals surface area contributed by atoms with E-state index >= 15 is 0 Å². The average molecular weight is 440 g/mol. The maximum Gasteiger partial charge on any atom is 0.193 e. The molecule has 0 spiro atoms. The highest BCUT2D eigenvalue weighted by Gasteiger charge is 2.06. The number of hydrogen-bond acceptors (Lipinski definition) is 3. The van der Waals surface area contributed by atoms with Gasteiger partial charge in [0.05, 0.1) is 12.7 Å². The molecule has 0 aliphatic rings. The number of halogens is 1. The molecule has 0 amide bonds. The van der Waals surface area contributed by atoms with Crippen LogP contribution >= 0.6 is 24.0 Å². The highest BCUT2D eigenvalue weighted by atomic mass is 127. The molecule has 0 saturated carbocycles. The Bertz CT molecular complexity index is 617. The van der Waals surface area contributed by atoms with Crippen molar-refractivity contribution in [2.45, 2.75) is 13.5 Å². The van der Waals surface area contributed by atoms with Crippen LogP contribution in [0.4, 0.5) is 0 Å². The van der Waals surface area contributed by atoms with Crippen LogP contribution in [0.1, 0.15) is 11.1 Å². The molecule has 0 fully saturated rings. The van der Waals surface area contributed by atoms with Crippen LogP contribution in [0.15, 0.2) is 53.8 Å². The van der Waals surface area contributed by atoms with Crippen molar-refractivity contribution in [3.05, 3.63) is 59.9 Å². The minimum atomic E-state index is 0. The van der Waals surface area contributed by atoms with Crippen LogP contribution in [0.5, 0.6) is 5.75 Å². The summed E-state index contributed by atoms with van der Waals surface area (Å²) in [6.07, 6.45) is 3.44. The topological polar surface area (TPSA) is 49.8 Å². The smallest absolute Gasteiger partial charge is 0.193 e. The number of benzene rings is 1. The summed E-state index contributed by atoms with van der Waals surface area (Å²) in [5.41, 5.74) is 2.53. The molecule has 0 aliphatic carbocycles. The van der Waals surface area contributed by atoms with Crippen LogP contribution < -0.4 is 10.1 Å². The van der Waals surface area contributed by atoms with Crippen molar-refractivity contribution in [2.75, 3.05) is 27.2 Å². The summed E-state index contributed by atoms with van der Waals surface area (Å²) in [7, 11) is 3.81. The third-order valence-electron chi connectivity index (χ3n) is 3.40. The van der Waals surface area contributed by atoms with Gasteiger partial charge in [-0.15, -0.1) is 24.0 Å². The number of rotatable bonds is 6. The lowest BCUT2D eigenvalue weighted by atomic mass is 10.1. The van der Waals surface area contributed by atoms with Crippen LogP contribution in [0.25, 0.3) is 0 Å². The van der Waals surface area contributed by atoms with Crippen LogP contribution in [0, 0.1) is 6.92 Å². The van der Waals surface area contributed by atoms with Crippen molar-refractivity contribution in [3.8, 4) is 5.75 Å². The highest BCUT2D eigenvalue weighted by molar-refractivity contribution is 14.0. The Kier molecular flexibility index (Phi) is 9.14. The van der Waals surface area contributed by atoms with Gasteiger partial charge in [0.2, 0.25) is 0 Å². The molecule has 1 heterocycles. The zero-order valence-corrected chi connectivity index (χ0v) is 16.7. The van der Waals surface area contributed by atoms with Gasteiger partial charge < -0.3 is 15.0 Å². The van der Waals surface area contributed by atoms with E-state index in [-0.39, 0.29) is 24.0 Å². The van der Waals surface area contributed by atoms with Gasteiger partial charge in [0.15, 0.2) is 5.96 Å². The molecule has 24 heavy (non-hydrogen) atoms. The number of guanidine groups is 1. The lowest BCUT2D eigenvalue weighted by Gasteiger charge is -2.22. The number of pyridine rings is 1. The van der Waals surface area contributed by atoms with Crippen molar-refractivity contribution in [3.63, 3.8) is 0 Å². The summed E-state index contributed by atoms with van der Waals surface area (Å²) in [6, 6.07) is 12.3. The molecule has 0 radical (unpaired) electrons. The quantitative estimate of drug-likeness (QED) is 0.325. The lowest BCUT2D eigenvalue weighted by molar-refractivity contribution is 0.318. The Morgan fingerprint density at radius 2 is 2.00 bits per heavy atom. The summed E-state index contributed by atoms with van der Waals surface area (Å²) in [4.78, 5) is 10.4. The predicted octanol–water partition coefficient (Wildman–Crippen LogP) is 3.09. The van der Waals surface area contributed by atoms with E-state index in [9.17, 15) is 0 Å². The maximum absolute atomic E-state index is 5.61. The van der Waals surface area contributed by atoms with Crippen LogP contribution in [-0.2, 0) is 6.54 Å². The van der Waals surface area contributed by atoms with Gasteiger partial charge in [-0.3, -0.25) is 9.98 Å². The third-order valence-corrected chi connectivity index (χ3v) is 3.40. The second kappa shape index (κ2) is 10.9. The molecule has 0 saturated heterocycles. The Labute approximate surface area is 161 Å². The van der Waals surface area contributed by atoms with Gasteiger partial charge in [-0.2, -0.15) is 0 Å². The van der Waals surface area contributed by atoms with E-state index in [4.69, 9.17) is 4.74 Å². The molecule has 2 rings (SSSR count). The van der Waals surface area contributed by atoms with E-state index in [2.05, 4.69) is 51.4 Å². The summed E-state index contributed by atoms with van der Waals surface area (Å²) in [6.45, 7) is 4.14. The second-order valence-corrected chi connectivity index (χ2v) is 5.35. The zero-order chi connectivity index (χ0) is 16.5. The molecule has 130 valence electrons. The standard InChI is InChI=1S/C18H24N4O.HI/c1-15-6-8-16(9-7-15)14-22(3)18(19-2)21-11-12-23-17-5-4-10-20-13-17;/h4-10,13H,11-12,14H2,1-3H3,(H,19,21);1H. The van der Waals surface area contributed by atoms with Crippen LogP contribution in [0.2, 0.25) is 0 Å². The maximum atomic E-state index is 5.61. The molecule has 5 nitrogen and oxygen atoms in total. The van der Waals surface area contributed by atoms with Gasteiger partial charge in [0.25, 0.3) is 0 Å². The molecular formula is C18H25IN4O. The molecule has 6 heteroatoms. The van der Waals surface area contributed by atoms with Gasteiger partial charge in [-0.25, -0.2) is 0 Å². The minimum absolute atomic E-state index is 0. The average Bonchev–Trinajstić information content (AvgIpc) is 2.58. The Hall–Kier alpha value is -1.83. The van der Waals surface area contributed by atoms with Crippen molar-refractivity contribution in [1.29, 1.82) is 0 Å². The van der Waals surface area contributed by atoms with E-state index in [1.54, 1.807) is 19.4 Å². The number of nitrogens with one attached hydrogen (secondary N) is 1. The van der Waals surface area contributed by atoms with Crippen molar-refractivity contribution in [2.24, 2.45) is 4.99 Å². The monoisotopic (exact) mass is 440 g/mol. The van der Waals surface area contributed by atoms with E-state index < -0.39 is 0 Å². The first-order valence-corrected chi connectivity index (χ1v) is 7.69. The fraction of sp³-hybridized carbons (Fsp3) is 0.333. The van der Waals surface area contributed by atoms with Gasteiger partial charge >= 0.3 is 0 Å². The fourth-order valence-electron chi connectivity index (χ4n) is 2.19. The van der Waals surface area contributed by atoms with Gasteiger partial charge in [-0.05, 0) is 24.6 Å². The molecule has 0 aliphatic heterocycles. The molecule has 1 aromatic carbocycles. The van der Waals surface area contributed by atoms with Crippen molar-refractivity contribution < 1.29 is 4.74 Å². The predicted molar refractivity (Wildman–Crippen MR) is 109 cm³/mol. The van der Waals surface area contributed by atoms with Crippen molar-refractivity contribution >= 4 is 29.9 Å². The SMILES string of the molecule is CN=C(NCCOc1cccnc1)N(C)Cc1ccc(C)cc1.I. The number of aliphatic imine (C=N–C) groups is 1. The van der Waals surface area contributed by atoms with Crippen LogP contribution in [0.3, 0.4) is 0 Å². The molecule has 0 atom stereocenters. The summed E-state index contributed by atoms with van der Waals surface area (Å²) < 4.78 is 5.61. The summed E-state index contributed by atoms with van der Waals surface area (Å²) >= 11 is 0. The first-order chi connectivity index (χ1) is 11.2. The Morgan fingerprint density at radius 1 is 1.25 bits per heavy atom. The first kappa shape index (κ1) is 20.2. The summed E-state index contributed by atoms with van der Waals surface area (Å²) in [5, 5.41) is 3.30. The van der Waals surface area contributed by atoms with E-state index in [0.29, 0.717) is 13.2 Å². The second-order valence-electron chi connectivity index (χ2n) is 5.35. The molecule has 1 N–H and O–H groups in total. The Balaban J connectivity index is 0.00000288. The first-order valence-electron chi connectivity index (χ1n) is 7.69. The number of aromatic nitrogens is 1. The van der Waals surface area contributed by atoms with E-state index in [1.165, 1.54) is 11.1 Å². The van der Waals surface area contributed by atoms with Gasteiger partial charge in [0, 0.05) is 26.8 Å². The van der Waals surface area contributed by atoms with Crippen LogP contribution in [-0.4, -0.2) is 43.1 Å². The largest absolute Gasteiger partial charge is 0.490 e. The zero-order valence-electron chi connectivity index (χ0n) is 14.4. The lowest BCUT2D eigenvalue weighted by Crippen LogP contribution is -2.40. The number of nitrogens with zero attached hydrogens (tertiary/aromatic N) is 3.